The Hall–Kier alpha value is -1.69. The highest BCUT2D eigenvalue weighted by Crippen LogP contribution is 2.26. The van der Waals surface area contributed by atoms with Crippen LogP contribution in [-0.4, -0.2) is 28.1 Å². The van der Waals surface area contributed by atoms with Crippen molar-refractivity contribution in [2.24, 2.45) is 0 Å². The van der Waals surface area contributed by atoms with E-state index in [1.54, 1.807) is 12.1 Å². The van der Waals surface area contributed by atoms with E-state index in [4.69, 9.17) is 0 Å². The van der Waals surface area contributed by atoms with E-state index in [1.807, 2.05) is 49.4 Å². The van der Waals surface area contributed by atoms with Crippen LogP contribution in [-0.2, 0) is 10.0 Å². The van der Waals surface area contributed by atoms with Gasteiger partial charge in [-0.15, -0.1) is 0 Å². The van der Waals surface area contributed by atoms with E-state index in [9.17, 15) is 8.42 Å². The van der Waals surface area contributed by atoms with Gasteiger partial charge >= 0.3 is 0 Å². The van der Waals surface area contributed by atoms with Gasteiger partial charge in [-0.25, -0.2) is 13.1 Å². The van der Waals surface area contributed by atoms with E-state index < -0.39 is 10.0 Å². The zero-order valence-corrected chi connectivity index (χ0v) is 12.9. The van der Waals surface area contributed by atoms with Gasteiger partial charge < -0.3 is 5.32 Å². The van der Waals surface area contributed by atoms with Gasteiger partial charge in [-0.3, -0.25) is 0 Å². The van der Waals surface area contributed by atoms with E-state index in [0.717, 1.165) is 12.1 Å². The summed E-state index contributed by atoms with van der Waals surface area (Å²) in [6.45, 7) is 3.80. The molecule has 0 aliphatic rings. The lowest BCUT2D eigenvalue weighted by Crippen LogP contribution is -2.32. The van der Waals surface area contributed by atoms with Gasteiger partial charge in [-0.05, 0) is 18.2 Å². The summed E-state index contributed by atoms with van der Waals surface area (Å²) >= 11 is 0. The fraction of sp³-hybridized carbons (Fsp3) is 0.250. The first kappa shape index (κ1) is 15.7. The maximum Gasteiger partial charge on any atom is 0.241 e. The molecule has 0 aliphatic heterocycles. The molecule has 2 aromatic carbocycles. The topological polar surface area (TPSA) is 58.2 Å². The molecule has 2 aromatic rings. The Morgan fingerprint density at radius 1 is 0.905 bits per heavy atom. The third-order valence-corrected chi connectivity index (χ3v) is 4.62. The van der Waals surface area contributed by atoms with Crippen LogP contribution in [0, 0.1) is 0 Å². The lowest BCUT2D eigenvalue weighted by atomic mass is 10.1. The summed E-state index contributed by atoms with van der Waals surface area (Å²) in [6.07, 6.45) is 0. The van der Waals surface area contributed by atoms with Crippen LogP contribution in [0.2, 0.25) is 0 Å². The van der Waals surface area contributed by atoms with Gasteiger partial charge in [-0.2, -0.15) is 0 Å². The molecule has 2 N–H and O–H groups in total. The first-order valence-electron chi connectivity index (χ1n) is 7.00. The summed E-state index contributed by atoms with van der Waals surface area (Å²) in [4.78, 5) is 0.313. The van der Waals surface area contributed by atoms with E-state index in [2.05, 4.69) is 10.0 Å². The van der Waals surface area contributed by atoms with Crippen LogP contribution in [0.25, 0.3) is 11.1 Å². The van der Waals surface area contributed by atoms with Gasteiger partial charge in [0.25, 0.3) is 0 Å². The molecule has 0 amide bonds. The molecule has 0 spiro atoms. The van der Waals surface area contributed by atoms with Gasteiger partial charge in [0.15, 0.2) is 0 Å². The molecular weight excluding hydrogens is 284 g/mol. The smallest absolute Gasteiger partial charge is 0.241 e. The van der Waals surface area contributed by atoms with Crippen molar-refractivity contribution >= 4 is 10.0 Å². The average Bonchev–Trinajstić information content (AvgIpc) is 2.52. The number of nitrogens with one attached hydrogen (secondary N) is 2. The van der Waals surface area contributed by atoms with Crippen LogP contribution in [0.3, 0.4) is 0 Å². The van der Waals surface area contributed by atoms with Crippen molar-refractivity contribution in [2.75, 3.05) is 19.6 Å². The summed E-state index contributed by atoms with van der Waals surface area (Å²) in [5.41, 5.74) is 1.61. The molecule has 0 aliphatic carbocycles. The van der Waals surface area contributed by atoms with Crippen molar-refractivity contribution in [2.45, 2.75) is 11.8 Å². The third kappa shape index (κ3) is 4.14. The second-order valence-electron chi connectivity index (χ2n) is 4.61. The Kier molecular flexibility index (Phi) is 5.50. The van der Waals surface area contributed by atoms with Crippen LogP contribution in [0.1, 0.15) is 6.92 Å². The van der Waals surface area contributed by atoms with Crippen LogP contribution in [0.4, 0.5) is 0 Å². The third-order valence-electron chi connectivity index (χ3n) is 3.11. The van der Waals surface area contributed by atoms with Crippen LogP contribution < -0.4 is 10.0 Å². The summed E-state index contributed by atoms with van der Waals surface area (Å²) in [5.74, 6) is 0. The molecule has 0 heterocycles. The second-order valence-corrected chi connectivity index (χ2v) is 6.35. The first-order chi connectivity index (χ1) is 10.1. The highest BCUT2D eigenvalue weighted by molar-refractivity contribution is 7.89. The Balaban J connectivity index is 2.28. The average molecular weight is 304 g/mol. The molecule has 0 fully saturated rings. The standard InChI is InChI=1S/C16H20N2O2S/c1-2-17-12-13-18-21(19,20)16-11-7-6-10-15(16)14-8-4-3-5-9-14/h3-11,17-18H,2,12-13H2,1H3. The van der Waals surface area contributed by atoms with Crippen molar-refractivity contribution in [3.63, 3.8) is 0 Å². The summed E-state index contributed by atoms with van der Waals surface area (Å²) in [5, 5.41) is 3.09. The summed E-state index contributed by atoms with van der Waals surface area (Å²) in [7, 11) is -3.51. The molecule has 5 heteroatoms. The summed E-state index contributed by atoms with van der Waals surface area (Å²) in [6, 6.07) is 16.6. The fourth-order valence-corrected chi connectivity index (χ4v) is 3.34. The molecule has 21 heavy (non-hydrogen) atoms. The molecule has 4 nitrogen and oxygen atoms in total. The highest BCUT2D eigenvalue weighted by Gasteiger charge is 2.18. The Morgan fingerprint density at radius 3 is 2.29 bits per heavy atom. The zero-order chi connectivity index (χ0) is 15.1. The first-order valence-corrected chi connectivity index (χ1v) is 8.48. The predicted octanol–water partition coefficient (Wildman–Crippen LogP) is 2.24. The maximum absolute atomic E-state index is 12.5. The Bertz CT molecular complexity index is 670. The van der Waals surface area contributed by atoms with E-state index in [0.29, 0.717) is 23.5 Å². The van der Waals surface area contributed by atoms with Crippen LogP contribution >= 0.6 is 0 Å². The van der Waals surface area contributed by atoms with Crippen molar-refractivity contribution < 1.29 is 8.42 Å². The molecule has 2 rings (SSSR count). The number of hydrogen-bond acceptors (Lipinski definition) is 3. The normalized spacial score (nSPS) is 11.5. The van der Waals surface area contributed by atoms with Crippen molar-refractivity contribution in [1.29, 1.82) is 0 Å². The molecule has 0 bridgehead atoms. The number of benzene rings is 2. The number of hydrogen-bond donors (Lipinski definition) is 2. The minimum absolute atomic E-state index is 0.313. The van der Waals surface area contributed by atoms with Gasteiger partial charge in [0.1, 0.15) is 0 Å². The molecule has 0 saturated carbocycles. The molecule has 0 radical (unpaired) electrons. The zero-order valence-electron chi connectivity index (χ0n) is 12.0. The summed E-state index contributed by atoms with van der Waals surface area (Å²) < 4.78 is 27.5. The lowest BCUT2D eigenvalue weighted by Gasteiger charge is -2.12. The van der Waals surface area contributed by atoms with Gasteiger partial charge in [0.2, 0.25) is 10.0 Å². The van der Waals surface area contributed by atoms with Gasteiger partial charge in [0.05, 0.1) is 4.90 Å². The fourth-order valence-electron chi connectivity index (χ4n) is 2.09. The molecule has 0 aromatic heterocycles. The number of likely N-dealkylation sites (N-methyl/N-ethyl adjacent to an activating group) is 1. The Labute approximate surface area is 126 Å². The maximum atomic E-state index is 12.5. The van der Waals surface area contributed by atoms with E-state index in [-0.39, 0.29) is 0 Å². The highest BCUT2D eigenvalue weighted by atomic mass is 32.2. The number of sulfonamides is 1. The van der Waals surface area contributed by atoms with Crippen molar-refractivity contribution in [1.82, 2.24) is 10.0 Å². The van der Waals surface area contributed by atoms with Gasteiger partial charge in [-0.1, -0.05) is 55.5 Å². The minimum atomic E-state index is -3.51. The van der Waals surface area contributed by atoms with Crippen LogP contribution in [0.15, 0.2) is 59.5 Å². The Morgan fingerprint density at radius 2 is 1.57 bits per heavy atom. The predicted molar refractivity (Wildman–Crippen MR) is 85.6 cm³/mol. The van der Waals surface area contributed by atoms with Gasteiger partial charge in [0, 0.05) is 18.7 Å². The molecule has 0 atom stereocenters. The van der Waals surface area contributed by atoms with Crippen molar-refractivity contribution in [3.8, 4) is 11.1 Å². The monoisotopic (exact) mass is 304 g/mol. The molecular formula is C16H20N2O2S. The van der Waals surface area contributed by atoms with E-state index >= 15 is 0 Å². The SMILES string of the molecule is CCNCCNS(=O)(=O)c1ccccc1-c1ccccc1. The lowest BCUT2D eigenvalue weighted by molar-refractivity contribution is 0.577. The molecule has 112 valence electrons. The number of rotatable bonds is 7. The molecule has 0 saturated heterocycles. The van der Waals surface area contributed by atoms with Crippen molar-refractivity contribution in [3.05, 3.63) is 54.6 Å². The largest absolute Gasteiger partial charge is 0.316 e. The quantitative estimate of drug-likeness (QED) is 0.771. The second kappa shape index (κ2) is 7.36. The molecule has 0 unspecified atom stereocenters. The van der Waals surface area contributed by atoms with Crippen LogP contribution in [0.5, 0.6) is 0 Å². The minimum Gasteiger partial charge on any atom is -0.316 e. The van der Waals surface area contributed by atoms with E-state index in [1.165, 1.54) is 0 Å².